The molecule has 5 atom stereocenters. The SMILES string of the molecule is CNC(c1ncccc1OC)C1C(C)OC(C)C1C. The van der Waals surface area contributed by atoms with Gasteiger partial charge >= 0.3 is 0 Å². The van der Waals surface area contributed by atoms with Crippen molar-refractivity contribution >= 4 is 0 Å². The Labute approximate surface area is 115 Å². The van der Waals surface area contributed by atoms with E-state index in [0.717, 1.165) is 11.4 Å². The summed E-state index contributed by atoms with van der Waals surface area (Å²) < 4.78 is 11.4. The predicted molar refractivity (Wildman–Crippen MR) is 75.3 cm³/mol. The molecule has 106 valence electrons. The van der Waals surface area contributed by atoms with Crippen LogP contribution in [0.15, 0.2) is 18.3 Å². The number of ether oxygens (including phenoxy) is 2. The minimum atomic E-state index is 0.145. The molecule has 4 nitrogen and oxygen atoms in total. The van der Waals surface area contributed by atoms with E-state index in [4.69, 9.17) is 9.47 Å². The summed E-state index contributed by atoms with van der Waals surface area (Å²) >= 11 is 0. The maximum Gasteiger partial charge on any atom is 0.141 e. The van der Waals surface area contributed by atoms with Gasteiger partial charge in [0.2, 0.25) is 0 Å². The van der Waals surface area contributed by atoms with Gasteiger partial charge in [0.1, 0.15) is 5.75 Å². The molecule has 1 aliphatic heterocycles. The first-order chi connectivity index (χ1) is 9.10. The van der Waals surface area contributed by atoms with Gasteiger partial charge in [-0.3, -0.25) is 4.98 Å². The first kappa shape index (κ1) is 14.3. The second kappa shape index (κ2) is 5.88. The van der Waals surface area contributed by atoms with Crippen LogP contribution in [0.2, 0.25) is 0 Å². The van der Waals surface area contributed by atoms with Gasteiger partial charge < -0.3 is 14.8 Å². The van der Waals surface area contributed by atoms with Gasteiger partial charge in [-0.05, 0) is 38.9 Å². The second-order valence-corrected chi connectivity index (χ2v) is 5.34. The molecule has 2 heterocycles. The fourth-order valence-electron chi connectivity index (χ4n) is 3.19. The average Bonchev–Trinajstić information content (AvgIpc) is 2.67. The number of rotatable bonds is 4. The topological polar surface area (TPSA) is 43.4 Å². The number of hydrogen-bond donors (Lipinski definition) is 1. The summed E-state index contributed by atoms with van der Waals surface area (Å²) in [7, 11) is 3.66. The van der Waals surface area contributed by atoms with Gasteiger partial charge in [-0.15, -0.1) is 0 Å². The van der Waals surface area contributed by atoms with Gasteiger partial charge in [-0.2, -0.15) is 0 Å². The van der Waals surface area contributed by atoms with Crippen LogP contribution in [0.3, 0.4) is 0 Å². The summed E-state index contributed by atoms with van der Waals surface area (Å²) in [6, 6.07) is 4.00. The Morgan fingerprint density at radius 1 is 1.32 bits per heavy atom. The fraction of sp³-hybridized carbons (Fsp3) is 0.667. The standard InChI is InChI=1S/C15H24N2O2/c1-9-10(2)19-11(3)13(9)15(16-4)14-12(18-5)7-6-8-17-14/h6-11,13,15-16H,1-5H3. The zero-order valence-corrected chi connectivity index (χ0v) is 12.4. The molecule has 0 spiro atoms. The molecular weight excluding hydrogens is 240 g/mol. The van der Waals surface area contributed by atoms with E-state index in [0.29, 0.717) is 11.8 Å². The van der Waals surface area contributed by atoms with Crippen molar-refractivity contribution in [1.29, 1.82) is 0 Å². The van der Waals surface area contributed by atoms with Crippen LogP contribution in [0, 0.1) is 11.8 Å². The van der Waals surface area contributed by atoms with Crippen LogP contribution in [0.5, 0.6) is 5.75 Å². The van der Waals surface area contributed by atoms with Crippen molar-refractivity contribution in [3.05, 3.63) is 24.0 Å². The largest absolute Gasteiger partial charge is 0.495 e. The quantitative estimate of drug-likeness (QED) is 0.907. The Morgan fingerprint density at radius 2 is 2.05 bits per heavy atom. The Hall–Kier alpha value is -1.13. The van der Waals surface area contributed by atoms with E-state index >= 15 is 0 Å². The summed E-state index contributed by atoms with van der Waals surface area (Å²) in [6.45, 7) is 6.53. The number of aromatic nitrogens is 1. The zero-order valence-electron chi connectivity index (χ0n) is 12.4. The smallest absolute Gasteiger partial charge is 0.141 e. The molecule has 1 fully saturated rings. The fourth-order valence-corrected chi connectivity index (χ4v) is 3.19. The van der Waals surface area contributed by atoms with Crippen molar-refractivity contribution in [1.82, 2.24) is 10.3 Å². The molecule has 1 saturated heterocycles. The van der Waals surface area contributed by atoms with E-state index in [1.165, 1.54) is 0 Å². The summed E-state index contributed by atoms with van der Waals surface area (Å²) in [6.07, 6.45) is 2.32. The van der Waals surface area contributed by atoms with E-state index in [1.54, 1.807) is 7.11 Å². The first-order valence-electron chi connectivity index (χ1n) is 6.91. The number of nitrogens with one attached hydrogen (secondary N) is 1. The van der Waals surface area contributed by atoms with E-state index in [-0.39, 0.29) is 18.2 Å². The van der Waals surface area contributed by atoms with Crippen molar-refractivity contribution in [2.75, 3.05) is 14.2 Å². The van der Waals surface area contributed by atoms with Crippen molar-refractivity contribution in [3.8, 4) is 5.75 Å². The van der Waals surface area contributed by atoms with Crippen molar-refractivity contribution in [2.45, 2.75) is 39.0 Å². The molecule has 1 N–H and O–H groups in total. The van der Waals surface area contributed by atoms with Crippen LogP contribution in [0.1, 0.15) is 32.5 Å². The van der Waals surface area contributed by atoms with E-state index in [1.807, 2.05) is 25.4 Å². The van der Waals surface area contributed by atoms with Crippen molar-refractivity contribution in [2.24, 2.45) is 11.8 Å². The Bertz CT molecular complexity index is 424. The maximum atomic E-state index is 5.96. The molecule has 0 radical (unpaired) electrons. The van der Waals surface area contributed by atoms with Gasteiger partial charge in [0.05, 0.1) is 31.1 Å². The molecule has 1 aliphatic rings. The highest BCUT2D eigenvalue weighted by Gasteiger charge is 2.42. The molecule has 5 unspecified atom stereocenters. The molecule has 2 rings (SSSR count). The molecule has 0 amide bonds. The number of methoxy groups -OCH3 is 1. The van der Waals surface area contributed by atoms with Crippen LogP contribution in [0.25, 0.3) is 0 Å². The predicted octanol–water partition coefficient (Wildman–Crippen LogP) is 2.41. The lowest BCUT2D eigenvalue weighted by molar-refractivity contribution is 0.0475. The summed E-state index contributed by atoms with van der Waals surface area (Å²) in [5, 5.41) is 3.39. The first-order valence-corrected chi connectivity index (χ1v) is 6.91. The molecule has 4 heteroatoms. The van der Waals surface area contributed by atoms with Gasteiger partial charge in [-0.1, -0.05) is 6.92 Å². The molecule has 0 bridgehead atoms. The lowest BCUT2D eigenvalue weighted by Crippen LogP contribution is -2.33. The van der Waals surface area contributed by atoms with Gasteiger partial charge in [0.15, 0.2) is 0 Å². The summed E-state index contributed by atoms with van der Waals surface area (Å²) in [4.78, 5) is 4.52. The highest BCUT2D eigenvalue weighted by atomic mass is 16.5. The third-order valence-corrected chi connectivity index (χ3v) is 4.33. The third-order valence-electron chi connectivity index (χ3n) is 4.33. The van der Waals surface area contributed by atoms with Crippen molar-refractivity contribution < 1.29 is 9.47 Å². The van der Waals surface area contributed by atoms with Crippen LogP contribution < -0.4 is 10.1 Å². The minimum absolute atomic E-state index is 0.145. The highest BCUT2D eigenvalue weighted by Crippen LogP contribution is 2.41. The number of nitrogens with zero attached hydrogens (tertiary/aromatic N) is 1. The molecule has 1 aromatic heterocycles. The van der Waals surface area contributed by atoms with E-state index < -0.39 is 0 Å². The Morgan fingerprint density at radius 3 is 2.58 bits per heavy atom. The highest BCUT2D eigenvalue weighted by molar-refractivity contribution is 5.30. The summed E-state index contributed by atoms with van der Waals surface area (Å²) in [5.41, 5.74) is 0.967. The Kier molecular flexibility index (Phi) is 4.42. The molecule has 0 saturated carbocycles. The van der Waals surface area contributed by atoms with Gasteiger partial charge in [0.25, 0.3) is 0 Å². The molecule has 19 heavy (non-hydrogen) atoms. The normalized spacial score (nSPS) is 32.3. The average molecular weight is 264 g/mol. The Balaban J connectivity index is 2.34. The van der Waals surface area contributed by atoms with E-state index in [2.05, 4.69) is 31.1 Å². The number of hydrogen-bond acceptors (Lipinski definition) is 4. The van der Waals surface area contributed by atoms with E-state index in [9.17, 15) is 0 Å². The van der Waals surface area contributed by atoms with Crippen LogP contribution in [-0.4, -0.2) is 31.3 Å². The lowest BCUT2D eigenvalue weighted by atomic mass is 9.82. The van der Waals surface area contributed by atoms with Gasteiger partial charge in [-0.25, -0.2) is 0 Å². The van der Waals surface area contributed by atoms with Crippen LogP contribution in [-0.2, 0) is 4.74 Å². The molecular formula is C15H24N2O2. The minimum Gasteiger partial charge on any atom is -0.495 e. The van der Waals surface area contributed by atoms with Crippen LogP contribution in [0.4, 0.5) is 0 Å². The van der Waals surface area contributed by atoms with Crippen LogP contribution >= 0.6 is 0 Å². The van der Waals surface area contributed by atoms with Gasteiger partial charge in [0, 0.05) is 12.1 Å². The third kappa shape index (κ3) is 2.60. The molecule has 1 aromatic rings. The van der Waals surface area contributed by atoms with Crippen molar-refractivity contribution in [3.63, 3.8) is 0 Å². The molecule has 0 aliphatic carbocycles. The molecule has 0 aromatic carbocycles. The number of pyridine rings is 1. The zero-order chi connectivity index (χ0) is 14.0. The monoisotopic (exact) mass is 264 g/mol. The maximum absolute atomic E-state index is 5.96. The summed E-state index contributed by atoms with van der Waals surface area (Å²) in [5.74, 6) is 1.71. The second-order valence-electron chi connectivity index (χ2n) is 5.34. The lowest BCUT2D eigenvalue weighted by Gasteiger charge is -2.29.